The van der Waals surface area contributed by atoms with E-state index in [1.54, 1.807) is 6.20 Å². The maximum Gasteiger partial charge on any atom is 0.137 e. The predicted molar refractivity (Wildman–Crippen MR) is 115 cm³/mol. The van der Waals surface area contributed by atoms with Gasteiger partial charge in [0, 0.05) is 42.5 Å². The third-order valence-electron chi connectivity index (χ3n) is 6.27. The van der Waals surface area contributed by atoms with Gasteiger partial charge in [0.2, 0.25) is 0 Å². The number of fused-ring (bicyclic) bond motifs is 1. The normalized spacial score (nSPS) is 21.0. The molecule has 5 rings (SSSR count). The summed E-state index contributed by atoms with van der Waals surface area (Å²) in [4.78, 5) is 14.8. The Balaban J connectivity index is 1.31. The molecule has 2 N–H and O–H groups in total. The van der Waals surface area contributed by atoms with Crippen LogP contribution in [-0.4, -0.2) is 45.5 Å². The zero-order valence-electron chi connectivity index (χ0n) is 16.0. The van der Waals surface area contributed by atoms with Crippen molar-refractivity contribution in [3.63, 3.8) is 0 Å². The van der Waals surface area contributed by atoms with Crippen LogP contribution in [0.2, 0.25) is 5.15 Å². The Morgan fingerprint density at radius 2 is 2.14 bits per heavy atom. The average molecular weight is 396 g/mol. The van der Waals surface area contributed by atoms with Crippen LogP contribution < -0.4 is 5.32 Å². The number of piperidine rings is 1. The van der Waals surface area contributed by atoms with Gasteiger partial charge in [-0.05, 0) is 68.0 Å². The summed E-state index contributed by atoms with van der Waals surface area (Å²) >= 11 is 6.35. The lowest BCUT2D eigenvalue weighted by Crippen LogP contribution is -2.47. The van der Waals surface area contributed by atoms with Gasteiger partial charge in [0.1, 0.15) is 16.6 Å². The van der Waals surface area contributed by atoms with Gasteiger partial charge < -0.3 is 15.2 Å². The molecule has 0 bridgehead atoms. The molecular weight excluding hydrogens is 370 g/mol. The molecule has 1 saturated heterocycles. The highest BCUT2D eigenvalue weighted by Gasteiger charge is 2.29. The van der Waals surface area contributed by atoms with Gasteiger partial charge in [-0.1, -0.05) is 18.0 Å². The first-order chi connectivity index (χ1) is 13.8. The summed E-state index contributed by atoms with van der Waals surface area (Å²) in [6.07, 6.45) is 10.6. The third-order valence-corrected chi connectivity index (χ3v) is 6.46. The third kappa shape index (κ3) is 3.61. The second-order valence-electron chi connectivity index (χ2n) is 8.13. The molecule has 3 aromatic heterocycles. The summed E-state index contributed by atoms with van der Waals surface area (Å²) in [6.45, 7) is 3.43. The van der Waals surface area contributed by atoms with E-state index in [1.165, 1.54) is 45.2 Å². The Kier molecular flexibility index (Phi) is 4.95. The molecule has 1 aliphatic carbocycles. The van der Waals surface area contributed by atoms with Crippen LogP contribution in [-0.2, 0) is 0 Å². The summed E-state index contributed by atoms with van der Waals surface area (Å²) in [5, 5.41) is 5.16. The van der Waals surface area contributed by atoms with Crippen LogP contribution in [0.5, 0.6) is 0 Å². The first-order valence-corrected chi connectivity index (χ1v) is 10.7. The fourth-order valence-corrected chi connectivity index (χ4v) is 4.74. The van der Waals surface area contributed by atoms with Gasteiger partial charge in [-0.15, -0.1) is 0 Å². The number of aromatic nitrogens is 3. The minimum Gasteiger partial charge on any atom is -0.370 e. The minimum atomic E-state index is 0.512. The van der Waals surface area contributed by atoms with Crippen molar-refractivity contribution < 1.29 is 0 Å². The molecule has 28 heavy (non-hydrogen) atoms. The van der Waals surface area contributed by atoms with Crippen LogP contribution in [0.1, 0.15) is 32.1 Å². The van der Waals surface area contributed by atoms with Crippen molar-refractivity contribution in [3.05, 3.63) is 41.8 Å². The van der Waals surface area contributed by atoms with E-state index in [9.17, 15) is 0 Å². The number of nitrogens with zero attached hydrogens (tertiary/aromatic N) is 3. The van der Waals surface area contributed by atoms with Crippen molar-refractivity contribution in [1.82, 2.24) is 19.9 Å². The molecule has 2 fully saturated rings. The number of anilines is 1. The lowest BCUT2D eigenvalue weighted by Gasteiger charge is -2.42. The van der Waals surface area contributed by atoms with Crippen LogP contribution >= 0.6 is 11.6 Å². The molecule has 2 aliphatic rings. The molecule has 1 atom stereocenters. The molecule has 4 heterocycles. The SMILES string of the molecule is Clc1cc(-c2c[nH]c3ncccc23)cc(NCC2CCCN(C3CCC3)C2)n1. The Labute approximate surface area is 170 Å². The fraction of sp³-hybridized carbons (Fsp3) is 0.455. The van der Waals surface area contributed by atoms with Crippen LogP contribution in [0.3, 0.4) is 0 Å². The number of hydrogen-bond acceptors (Lipinski definition) is 4. The summed E-state index contributed by atoms with van der Waals surface area (Å²) in [5.41, 5.74) is 3.05. The van der Waals surface area contributed by atoms with Gasteiger partial charge in [-0.2, -0.15) is 0 Å². The maximum atomic E-state index is 6.35. The first-order valence-electron chi connectivity index (χ1n) is 10.3. The molecule has 0 radical (unpaired) electrons. The number of halogens is 1. The average Bonchev–Trinajstić information content (AvgIpc) is 3.09. The van der Waals surface area contributed by atoms with E-state index in [4.69, 9.17) is 11.6 Å². The van der Waals surface area contributed by atoms with E-state index in [0.717, 1.165) is 40.6 Å². The fourth-order valence-electron chi connectivity index (χ4n) is 4.53. The number of likely N-dealkylation sites (tertiary alicyclic amines) is 1. The summed E-state index contributed by atoms with van der Waals surface area (Å²) in [7, 11) is 0. The Hall–Kier alpha value is -2.11. The van der Waals surface area contributed by atoms with E-state index in [1.807, 2.05) is 18.3 Å². The molecule has 6 heteroatoms. The number of pyridine rings is 2. The maximum absolute atomic E-state index is 6.35. The van der Waals surface area contributed by atoms with Crippen molar-refractivity contribution in [2.45, 2.75) is 38.1 Å². The van der Waals surface area contributed by atoms with Crippen LogP contribution in [0.25, 0.3) is 22.2 Å². The quantitative estimate of drug-likeness (QED) is 0.600. The highest BCUT2D eigenvalue weighted by molar-refractivity contribution is 6.29. The highest BCUT2D eigenvalue weighted by Crippen LogP contribution is 2.31. The van der Waals surface area contributed by atoms with Gasteiger partial charge in [0.15, 0.2) is 0 Å². The molecule has 1 aliphatic heterocycles. The van der Waals surface area contributed by atoms with Gasteiger partial charge in [0.25, 0.3) is 0 Å². The number of rotatable bonds is 5. The number of aromatic amines is 1. The topological polar surface area (TPSA) is 56.8 Å². The predicted octanol–water partition coefficient (Wildman–Crippen LogP) is 4.95. The molecule has 0 amide bonds. The molecule has 3 aromatic rings. The summed E-state index contributed by atoms with van der Waals surface area (Å²) < 4.78 is 0. The number of hydrogen-bond donors (Lipinski definition) is 2. The van der Waals surface area contributed by atoms with Crippen molar-refractivity contribution in [2.24, 2.45) is 5.92 Å². The van der Waals surface area contributed by atoms with E-state index < -0.39 is 0 Å². The van der Waals surface area contributed by atoms with Crippen molar-refractivity contribution >= 4 is 28.5 Å². The lowest BCUT2D eigenvalue weighted by atomic mass is 9.88. The minimum absolute atomic E-state index is 0.512. The summed E-state index contributed by atoms with van der Waals surface area (Å²) in [6, 6.07) is 8.88. The zero-order valence-corrected chi connectivity index (χ0v) is 16.8. The monoisotopic (exact) mass is 395 g/mol. The number of nitrogens with one attached hydrogen (secondary N) is 2. The van der Waals surface area contributed by atoms with Crippen LogP contribution in [0.4, 0.5) is 5.82 Å². The van der Waals surface area contributed by atoms with Crippen molar-refractivity contribution in [1.29, 1.82) is 0 Å². The van der Waals surface area contributed by atoms with Crippen LogP contribution in [0.15, 0.2) is 36.7 Å². The van der Waals surface area contributed by atoms with Crippen molar-refractivity contribution in [3.8, 4) is 11.1 Å². The Morgan fingerprint density at radius 3 is 3.00 bits per heavy atom. The van der Waals surface area contributed by atoms with E-state index in [0.29, 0.717) is 11.1 Å². The largest absolute Gasteiger partial charge is 0.370 e. The van der Waals surface area contributed by atoms with Crippen LogP contribution in [0, 0.1) is 5.92 Å². The Bertz CT molecular complexity index is 964. The first kappa shape index (κ1) is 18.0. The molecule has 0 aromatic carbocycles. The van der Waals surface area contributed by atoms with Gasteiger partial charge in [0.05, 0.1) is 0 Å². The highest BCUT2D eigenvalue weighted by atomic mass is 35.5. The molecular formula is C22H26ClN5. The second kappa shape index (κ2) is 7.72. The van der Waals surface area contributed by atoms with Gasteiger partial charge in [-0.3, -0.25) is 0 Å². The van der Waals surface area contributed by atoms with E-state index in [-0.39, 0.29) is 0 Å². The molecule has 146 valence electrons. The van der Waals surface area contributed by atoms with E-state index in [2.05, 4.69) is 37.3 Å². The van der Waals surface area contributed by atoms with Crippen molar-refractivity contribution in [2.75, 3.05) is 25.0 Å². The molecule has 5 nitrogen and oxygen atoms in total. The zero-order chi connectivity index (χ0) is 18.9. The molecule has 1 saturated carbocycles. The lowest BCUT2D eigenvalue weighted by molar-refractivity contribution is 0.0802. The number of H-pyrrole nitrogens is 1. The van der Waals surface area contributed by atoms with Gasteiger partial charge in [-0.25, -0.2) is 9.97 Å². The standard InChI is InChI=1S/C22H26ClN5/c23-20-10-16(19-13-26-22-18(19)7-2-8-24-22)11-21(27-20)25-12-15-4-3-9-28(14-15)17-5-1-6-17/h2,7-8,10-11,13,15,17H,1,3-6,9,12,14H2,(H,24,26)(H,25,27). The van der Waals surface area contributed by atoms with E-state index >= 15 is 0 Å². The summed E-state index contributed by atoms with van der Waals surface area (Å²) in [5.74, 6) is 1.53. The second-order valence-corrected chi connectivity index (χ2v) is 8.52. The van der Waals surface area contributed by atoms with Gasteiger partial charge >= 0.3 is 0 Å². The molecule has 1 unspecified atom stereocenters. The Morgan fingerprint density at radius 1 is 1.21 bits per heavy atom. The smallest absolute Gasteiger partial charge is 0.137 e. The molecule has 0 spiro atoms.